The van der Waals surface area contributed by atoms with E-state index in [1.807, 2.05) is 30.3 Å². The number of rotatable bonds is 8. The standard InChI is InChI=1S/C19H23ClN2O/c20-18-6-4-16(5-7-18)14-23-19-3-1-2-15(10-19)8-9-21-11-17-12-22-13-17/h1-7,10,17,21-22H,8-9,11-14H2. The molecule has 122 valence electrons. The van der Waals surface area contributed by atoms with Gasteiger partial charge in [0.25, 0.3) is 0 Å². The Morgan fingerprint density at radius 3 is 2.65 bits per heavy atom. The Morgan fingerprint density at radius 2 is 1.91 bits per heavy atom. The number of hydrogen-bond donors (Lipinski definition) is 2. The van der Waals surface area contributed by atoms with Crippen LogP contribution in [-0.4, -0.2) is 26.2 Å². The normalized spacial score (nSPS) is 14.5. The van der Waals surface area contributed by atoms with Crippen LogP contribution in [0.25, 0.3) is 0 Å². The van der Waals surface area contributed by atoms with Crippen molar-refractivity contribution in [2.24, 2.45) is 5.92 Å². The molecular weight excluding hydrogens is 308 g/mol. The van der Waals surface area contributed by atoms with Crippen molar-refractivity contribution in [3.8, 4) is 5.75 Å². The highest BCUT2D eigenvalue weighted by Gasteiger charge is 2.15. The first-order valence-electron chi connectivity index (χ1n) is 8.17. The summed E-state index contributed by atoms with van der Waals surface area (Å²) in [5.74, 6) is 1.73. The lowest BCUT2D eigenvalue weighted by atomic mass is 10.0. The molecule has 1 aliphatic rings. The molecule has 2 aromatic rings. The van der Waals surface area contributed by atoms with Crippen molar-refractivity contribution >= 4 is 11.6 Å². The molecule has 1 saturated heterocycles. The molecule has 23 heavy (non-hydrogen) atoms. The van der Waals surface area contributed by atoms with Crippen molar-refractivity contribution < 1.29 is 4.74 Å². The fourth-order valence-corrected chi connectivity index (χ4v) is 2.70. The Hall–Kier alpha value is -1.55. The summed E-state index contributed by atoms with van der Waals surface area (Å²) >= 11 is 5.89. The van der Waals surface area contributed by atoms with E-state index in [1.165, 1.54) is 5.56 Å². The third kappa shape index (κ3) is 5.24. The van der Waals surface area contributed by atoms with Gasteiger partial charge in [-0.3, -0.25) is 0 Å². The molecule has 0 radical (unpaired) electrons. The summed E-state index contributed by atoms with van der Waals surface area (Å²) in [4.78, 5) is 0. The fourth-order valence-electron chi connectivity index (χ4n) is 2.57. The Morgan fingerprint density at radius 1 is 1.09 bits per heavy atom. The molecule has 0 aromatic heterocycles. The van der Waals surface area contributed by atoms with E-state index in [2.05, 4.69) is 28.8 Å². The second kappa shape index (κ2) is 8.34. The second-order valence-corrected chi connectivity index (χ2v) is 6.48. The predicted octanol–water partition coefficient (Wildman–Crippen LogP) is 3.27. The van der Waals surface area contributed by atoms with Gasteiger partial charge in [-0.05, 0) is 54.3 Å². The highest BCUT2D eigenvalue weighted by atomic mass is 35.5. The van der Waals surface area contributed by atoms with E-state index in [9.17, 15) is 0 Å². The van der Waals surface area contributed by atoms with Gasteiger partial charge in [-0.1, -0.05) is 35.9 Å². The van der Waals surface area contributed by atoms with E-state index in [1.54, 1.807) is 0 Å². The van der Waals surface area contributed by atoms with E-state index in [0.717, 1.165) is 54.9 Å². The molecule has 4 heteroatoms. The zero-order valence-electron chi connectivity index (χ0n) is 13.2. The van der Waals surface area contributed by atoms with Crippen LogP contribution in [0.4, 0.5) is 0 Å². The largest absolute Gasteiger partial charge is 0.489 e. The maximum absolute atomic E-state index is 5.89. The Kier molecular flexibility index (Phi) is 5.92. The van der Waals surface area contributed by atoms with Crippen LogP contribution in [0.1, 0.15) is 11.1 Å². The molecule has 3 rings (SSSR count). The molecule has 2 N–H and O–H groups in total. The lowest BCUT2D eigenvalue weighted by Crippen LogP contribution is -2.47. The van der Waals surface area contributed by atoms with Crippen LogP contribution in [-0.2, 0) is 13.0 Å². The third-order valence-corrected chi connectivity index (χ3v) is 4.36. The topological polar surface area (TPSA) is 33.3 Å². The van der Waals surface area contributed by atoms with E-state index >= 15 is 0 Å². The summed E-state index contributed by atoms with van der Waals surface area (Å²) in [5, 5.41) is 7.57. The van der Waals surface area contributed by atoms with Crippen molar-refractivity contribution in [2.45, 2.75) is 13.0 Å². The van der Waals surface area contributed by atoms with E-state index in [4.69, 9.17) is 16.3 Å². The van der Waals surface area contributed by atoms with Crippen LogP contribution in [0.5, 0.6) is 5.75 Å². The van der Waals surface area contributed by atoms with Crippen LogP contribution < -0.4 is 15.4 Å². The van der Waals surface area contributed by atoms with Gasteiger partial charge in [0.1, 0.15) is 12.4 Å². The summed E-state index contributed by atoms with van der Waals surface area (Å²) in [6.07, 6.45) is 1.03. The molecule has 0 aliphatic carbocycles. The van der Waals surface area contributed by atoms with Crippen LogP contribution in [0.2, 0.25) is 5.02 Å². The second-order valence-electron chi connectivity index (χ2n) is 6.04. The van der Waals surface area contributed by atoms with Gasteiger partial charge in [0.2, 0.25) is 0 Å². The van der Waals surface area contributed by atoms with Crippen molar-refractivity contribution in [2.75, 3.05) is 26.2 Å². The smallest absolute Gasteiger partial charge is 0.120 e. The van der Waals surface area contributed by atoms with Gasteiger partial charge in [-0.25, -0.2) is 0 Å². The van der Waals surface area contributed by atoms with Gasteiger partial charge in [-0.15, -0.1) is 0 Å². The Bertz CT molecular complexity index is 611. The van der Waals surface area contributed by atoms with E-state index < -0.39 is 0 Å². The van der Waals surface area contributed by atoms with Gasteiger partial charge in [0, 0.05) is 24.7 Å². The number of nitrogens with one attached hydrogen (secondary N) is 2. The van der Waals surface area contributed by atoms with Gasteiger partial charge in [0.05, 0.1) is 0 Å². The summed E-state index contributed by atoms with van der Waals surface area (Å²) in [6, 6.07) is 16.1. The molecule has 1 fully saturated rings. The van der Waals surface area contributed by atoms with Gasteiger partial charge < -0.3 is 15.4 Å². The summed E-state index contributed by atoms with van der Waals surface area (Å²) in [7, 11) is 0. The van der Waals surface area contributed by atoms with Crippen LogP contribution >= 0.6 is 11.6 Å². The molecule has 0 atom stereocenters. The minimum atomic E-state index is 0.563. The maximum Gasteiger partial charge on any atom is 0.120 e. The molecule has 2 aromatic carbocycles. The number of ether oxygens (including phenoxy) is 1. The summed E-state index contributed by atoms with van der Waals surface area (Å²) < 4.78 is 5.87. The zero-order valence-corrected chi connectivity index (χ0v) is 14.0. The molecule has 0 spiro atoms. The van der Waals surface area contributed by atoms with Gasteiger partial charge in [-0.2, -0.15) is 0 Å². The zero-order chi connectivity index (χ0) is 15.9. The molecule has 0 unspecified atom stereocenters. The van der Waals surface area contributed by atoms with E-state index in [-0.39, 0.29) is 0 Å². The van der Waals surface area contributed by atoms with Crippen molar-refractivity contribution in [3.05, 3.63) is 64.7 Å². The number of halogens is 1. The first kappa shape index (κ1) is 16.3. The number of benzene rings is 2. The molecule has 0 amide bonds. The monoisotopic (exact) mass is 330 g/mol. The van der Waals surface area contributed by atoms with Crippen LogP contribution in [0.3, 0.4) is 0 Å². The first-order valence-corrected chi connectivity index (χ1v) is 8.55. The third-order valence-electron chi connectivity index (χ3n) is 4.11. The number of hydrogen-bond acceptors (Lipinski definition) is 3. The van der Waals surface area contributed by atoms with Crippen molar-refractivity contribution in [1.82, 2.24) is 10.6 Å². The lowest BCUT2D eigenvalue weighted by Gasteiger charge is -2.27. The quantitative estimate of drug-likeness (QED) is 0.729. The molecule has 1 aliphatic heterocycles. The SMILES string of the molecule is Clc1ccc(COc2cccc(CCNCC3CNC3)c2)cc1. The lowest BCUT2D eigenvalue weighted by molar-refractivity contribution is 0.306. The average molecular weight is 331 g/mol. The highest BCUT2D eigenvalue weighted by molar-refractivity contribution is 6.30. The highest BCUT2D eigenvalue weighted by Crippen LogP contribution is 2.16. The minimum absolute atomic E-state index is 0.563. The maximum atomic E-state index is 5.89. The predicted molar refractivity (Wildman–Crippen MR) is 95.2 cm³/mol. The van der Waals surface area contributed by atoms with Gasteiger partial charge in [0.15, 0.2) is 0 Å². The summed E-state index contributed by atoms with van der Waals surface area (Å²) in [5.41, 5.74) is 2.42. The Labute approximate surface area is 143 Å². The fraction of sp³-hybridized carbons (Fsp3) is 0.368. The molecule has 3 nitrogen and oxygen atoms in total. The first-order chi connectivity index (χ1) is 11.3. The molecule has 0 bridgehead atoms. The minimum Gasteiger partial charge on any atom is -0.489 e. The summed E-state index contributed by atoms with van der Waals surface area (Å²) in [6.45, 7) is 4.99. The average Bonchev–Trinajstić information content (AvgIpc) is 2.53. The molecule has 0 saturated carbocycles. The van der Waals surface area contributed by atoms with Crippen molar-refractivity contribution in [1.29, 1.82) is 0 Å². The molecular formula is C19H23ClN2O. The Balaban J connectivity index is 1.43. The van der Waals surface area contributed by atoms with E-state index in [0.29, 0.717) is 6.61 Å². The van der Waals surface area contributed by atoms with Crippen LogP contribution in [0, 0.1) is 5.92 Å². The van der Waals surface area contributed by atoms with Crippen molar-refractivity contribution in [3.63, 3.8) is 0 Å². The van der Waals surface area contributed by atoms with Gasteiger partial charge >= 0.3 is 0 Å². The van der Waals surface area contributed by atoms with Crippen LogP contribution in [0.15, 0.2) is 48.5 Å². The molecule has 1 heterocycles.